The monoisotopic (exact) mass is 1470 g/mol. The van der Waals surface area contributed by atoms with Crippen LogP contribution in [-0.4, -0.2) is 178 Å². The second-order valence-corrected chi connectivity index (χ2v) is 25.6. The lowest BCUT2D eigenvalue weighted by molar-refractivity contribution is -0.147. The normalized spacial score (nSPS) is 19.2. The molecule has 0 bridgehead atoms. The molecule has 8 atom stereocenters. The second-order valence-electron chi connectivity index (χ2n) is 25.6. The number of aliphatic carboxylic acids is 1. The molecule has 0 unspecified atom stereocenters. The zero-order valence-corrected chi connectivity index (χ0v) is 57.7. The van der Waals surface area contributed by atoms with E-state index in [9.17, 15) is 57.5 Å². The number of aromatic nitrogens is 12. The van der Waals surface area contributed by atoms with E-state index in [1.165, 1.54) is 92.4 Å². The minimum absolute atomic E-state index is 0. The highest BCUT2D eigenvalue weighted by atomic mass is 16.4. The van der Waals surface area contributed by atoms with E-state index in [0.29, 0.717) is 43.4 Å². The number of nitrogens with zero attached hydrogens (tertiary/aromatic N) is 11. The molecule has 0 aliphatic carbocycles. The first-order valence-electron chi connectivity index (χ1n) is 33.3. The molecular weight excluding hydrogens is 1380 g/mol. The summed E-state index contributed by atoms with van der Waals surface area (Å²) in [6.07, 6.45) is 24.7. The van der Waals surface area contributed by atoms with E-state index >= 15 is 0 Å². The Bertz CT molecular complexity index is 4010. The highest BCUT2D eigenvalue weighted by molar-refractivity contribution is 6.41. The summed E-state index contributed by atoms with van der Waals surface area (Å²) in [6, 6.07) is 12.7. The molecule has 12 rings (SSSR count). The van der Waals surface area contributed by atoms with Crippen molar-refractivity contribution < 1.29 is 62.6 Å². The van der Waals surface area contributed by atoms with Crippen LogP contribution in [0.4, 0.5) is 22.7 Å². The third-order valence-electron chi connectivity index (χ3n) is 17.3. The van der Waals surface area contributed by atoms with Gasteiger partial charge in [0, 0.05) is 75.3 Å². The van der Waals surface area contributed by atoms with Gasteiger partial charge in [0.2, 0.25) is 23.6 Å². The summed E-state index contributed by atoms with van der Waals surface area (Å²) >= 11 is 0. The molecule has 4 fully saturated rings. The Morgan fingerprint density at radius 3 is 0.897 bits per heavy atom. The van der Waals surface area contributed by atoms with Crippen LogP contribution < -0.4 is 49.5 Å². The smallest absolute Gasteiger partial charge is 0.394 e. The molecule has 107 heavy (non-hydrogen) atoms. The Balaban J connectivity index is 0.000000214. The van der Waals surface area contributed by atoms with Crippen molar-refractivity contribution in [1.82, 2.24) is 80.7 Å². The Labute approximate surface area is 614 Å². The third-order valence-corrected chi connectivity index (χ3v) is 17.3. The standard InChI is InChI=1S/3C17H20N6O3.C9H15N3.C8H7N3O4.2CH4/c3*1-10-2-3-14(13-4-5-20-22-13)23(9-10)17(26)16(25)21-12-6-11(15(18)24)7-19-8-12;1-7-2-3-8(10-6-7)9-4-5-11-12-9;9-6(12)4-1-5(3-10-2-4)11-7(13)8(14)15;;/h3*4-8,10,14H,2-3,9H2,1H3,(H2,18,24)(H,20,22)(H,21,25);4-5,7-8,10H,2-3,6H2,1H3,(H,11,12);1-3H,(H2,9,12)(H,11,13)(H,14,15);2*1H4/t3*10-,14+;7-,8+;;;/m1100.../s1. The first kappa shape index (κ1) is 83.0. The van der Waals surface area contributed by atoms with Crippen molar-refractivity contribution >= 4 is 93.7 Å². The van der Waals surface area contributed by atoms with Gasteiger partial charge >= 0.3 is 47.3 Å². The van der Waals surface area contributed by atoms with Gasteiger partial charge in [-0.3, -0.25) is 93.1 Å². The van der Waals surface area contributed by atoms with Gasteiger partial charge in [-0.25, -0.2) is 4.79 Å². The van der Waals surface area contributed by atoms with E-state index in [-0.39, 0.29) is 78.0 Å². The fourth-order valence-electron chi connectivity index (χ4n) is 11.9. The summed E-state index contributed by atoms with van der Waals surface area (Å²) in [5.74, 6) is -8.09. The van der Waals surface area contributed by atoms with Gasteiger partial charge < -0.3 is 69.3 Å². The lowest BCUT2D eigenvalue weighted by atomic mass is 9.92. The van der Waals surface area contributed by atoms with Gasteiger partial charge in [-0.2, -0.15) is 20.4 Å². The molecule has 12 heterocycles. The van der Waals surface area contributed by atoms with E-state index in [0.717, 1.165) is 68.1 Å². The quantitative estimate of drug-likeness (QED) is 0.0750. The summed E-state index contributed by atoms with van der Waals surface area (Å²) in [4.78, 5) is 161. The first-order chi connectivity index (χ1) is 50.2. The van der Waals surface area contributed by atoms with Crippen LogP contribution in [-0.2, 0) is 38.4 Å². The number of primary amides is 4. The van der Waals surface area contributed by atoms with Gasteiger partial charge in [-0.1, -0.05) is 42.5 Å². The van der Waals surface area contributed by atoms with E-state index < -0.39 is 70.9 Å². The Kier molecular flexibility index (Phi) is 30.7. The fraction of sp³-hybridized carbons (Fsp3) is 0.371. The molecule has 0 spiro atoms. The van der Waals surface area contributed by atoms with Crippen molar-refractivity contribution in [2.45, 2.75) is 118 Å². The number of rotatable bonds is 12. The number of likely N-dealkylation sites (tertiary alicyclic amines) is 3. The van der Waals surface area contributed by atoms with Crippen LogP contribution in [0.3, 0.4) is 0 Å². The Hall–Kier alpha value is -13.0. The van der Waals surface area contributed by atoms with Crippen molar-refractivity contribution in [2.75, 3.05) is 47.4 Å². The van der Waals surface area contributed by atoms with Crippen LogP contribution in [0.1, 0.15) is 182 Å². The molecule has 0 saturated carbocycles. The van der Waals surface area contributed by atoms with Gasteiger partial charge in [0.05, 0.1) is 111 Å². The van der Waals surface area contributed by atoms with Gasteiger partial charge in [0.1, 0.15) is 0 Å². The molecule has 0 aromatic carbocycles. The summed E-state index contributed by atoms with van der Waals surface area (Å²) in [7, 11) is 0. The predicted octanol–water partition coefficient (Wildman–Crippen LogP) is 4.47. The van der Waals surface area contributed by atoms with E-state index in [1.54, 1.807) is 51.5 Å². The van der Waals surface area contributed by atoms with Crippen molar-refractivity contribution in [3.63, 3.8) is 0 Å². The average molecular weight is 1480 g/mol. The maximum atomic E-state index is 12.7. The first-order valence-corrected chi connectivity index (χ1v) is 33.3. The molecule has 11 amide bonds. The summed E-state index contributed by atoms with van der Waals surface area (Å²) < 4.78 is 0. The third kappa shape index (κ3) is 23.8. The summed E-state index contributed by atoms with van der Waals surface area (Å²) in [5.41, 5.74) is 25.5. The molecule has 4 aliphatic rings. The van der Waals surface area contributed by atoms with Crippen LogP contribution in [0.25, 0.3) is 0 Å². The molecule has 37 heteroatoms. The highest BCUT2D eigenvalue weighted by Crippen LogP contribution is 2.35. The second kappa shape index (κ2) is 39.6. The van der Waals surface area contributed by atoms with Gasteiger partial charge in [-0.05, 0) is 130 Å². The molecule has 4 aliphatic heterocycles. The molecule has 4 saturated heterocycles. The van der Waals surface area contributed by atoms with Crippen molar-refractivity contribution in [3.8, 4) is 0 Å². The summed E-state index contributed by atoms with van der Waals surface area (Å²) in [6.45, 7) is 11.0. The van der Waals surface area contributed by atoms with Crippen LogP contribution >= 0.6 is 0 Å². The van der Waals surface area contributed by atoms with Crippen LogP contribution in [0, 0.1) is 23.7 Å². The van der Waals surface area contributed by atoms with Gasteiger partial charge in [0.15, 0.2) is 0 Å². The van der Waals surface area contributed by atoms with Crippen molar-refractivity contribution in [1.29, 1.82) is 0 Å². The molecule has 18 N–H and O–H groups in total. The number of carboxylic acids is 1. The number of carboxylic acid groups (broad SMARTS) is 1. The average Bonchev–Trinajstić information content (AvgIpc) is 1.56. The zero-order chi connectivity index (χ0) is 75.9. The topological polar surface area (TPSA) is 565 Å². The van der Waals surface area contributed by atoms with E-state index in [2.05, 4.69) is 88.9 Å². The lowest BCUT2D eigenvalue weighted by Gasteiger charge is -2.37. The number of amides is 11. The SMILES string of the molecule is C.C.C[C@@H]1CC[C@@H](c2ccn[nH]2)N(C(=O)C(=O)Nc2cncc(C(N)=O)c2)C1.C[C@@H]1CC[C@@H](c2ccn[nH]2)N(C(=O)C(=O)Nc2cncc(C(N)=O)c2)C1.C[C@H]1CC[C@H](c2ccn[nH]2)N(C(=O)C(=O)Nc2cncc(C(N)=O)c2)C1.C[C@H]1CC[C@H](c2ccn[nH]2)NC1.NC(=O)c1cncc(NC(=O)C(=O)O)c1. The number of nitrogens with two attached hydrogens (primary N) is 4. The molecule has 8 aromatic heterocycles. The van der Waals surface area contributed by atoms with Crippen LogP contribution in [0.5, 0.6) is 0 Å². The van der Waals surface area contributed by atoms with Crippen molar-refractivity contribution in [3.05, 3.63) is 168 Å². The Morgan fingerprint density at radius 2 is 0.654 bits per heavy atom. The maximum Gasteiger partial charge on any atom is 0.394 e. The summed E-state index contributed by atoms with van der Waals surface area (Å²) in [5, 5.41) is 48.7. The number of carbonyl (C=O) groups is 12. The minimum Gasteiger partial charge on any atom is -0.474 e. The largest absolute Gasteiger partial charge is 0.474 e. The molecule has 0 radical (unpaired) electrons. The number of pyridine rings is 4. The number of carbonyl (C=O) groups excluding carboxylic acids is 11. The number of hydrogen-bond acceptors (Lipinski definition) is 21. The van der Waals surface area contributed by atoms with Crippen molar-refractivity contribution in [2.24, 2.45) is 46.6 Å². The lowest BCUT2D eigenvalue weighted by Crippen LogP contribution is -2.46. The zero-order valence-electron chi connectivity index (χ0n) is 57.7. The molecule has 568 valence electrons. The highest BCUT2D eigenvalue weighted by Gasteiger charge is 2.38. The number of hydrogen-bond donors (Lipinski definition) is 14. The Morgan fingerprint density at radius 1 is 0.383 bits per heavy atom. The maximum absolute atomic E-state index is 12.7. The van der Waals surface area contributed by atoms with E-state index in [4.69, 9.17) is 28.0 Å². The van der Waals surface area contributed by atoms with Crippen LogP contribution in [0.15, 0.2) is 123 Å². The predicted molar refractivity (Wildman–Crippen MR) is 389 cm³/mol. The fourth-order valence-corrected chi connectivity index (χ4v) is 11.9. The molecular formula is C70H90N24O13. The number of nitrogens with one attached hydrogen (secondary N) is 9. The number of piperidine rings is 4. The van der Waals surface area contributed by atoms with Crippen LogP contribution in [0.2, 0.25) is 0 Å². The number of aromatic amines is 4. The van der Waals surface area contributed by atoms with Gasteiger partial charge in [-0.15, -0.1) is 0 Å². The van der Waals surface area contributed by atoms with E-state index in [1.807, 2.05) is 38.4 Å². The number of anilines is 4. The van der Waals surface area contributed by atoms with Gasteiger partial charge in [0.25, 0.3) is 0 Å². The minimum atomic E-state index is -1.63. The number of H-pyrrole nitrogens is 4. The molecule has 37 nitrogen and oxygen atoms in total. The molecule has 8 aromatic rings.